The van der Waals surface area contributed by atoms with Gasteiger partial charge in [-0.05, 0) is 25.0 Å². The minimum absolute atomic E-state index is 0.236. The predicted octanol–water partition coefficient (Wildman–Crippen LogP) is 2.11. The average Bonchev–Trinajstić information content (AvgIpc) is 3.04. The first kappa shape index (κ1) is 9.72. The molecule has 1 aromatic carbocycles. The molecule has 3 nitrogen and oxygen atoms in total. The van der Waals surface area contributed by atoms with Crippen LogP contribution in [0.25, 0.3) is 11.0 Å². The van der Waals surface area contributed by atoms with E-state index in [-0.39, 0.29) is 18.1 Å². The van der Waals surface area contributed by atoms with Crippen LogP contribution in [0, 0.1) is 11.6 Å². The summed E-state index contributed by atoms with van der Waals surface area (Å²) in [5.74, 6) is -1.03. The number of nitrogens with zero attached hydrogens (tertiary/aromatic N) is 2. The van der Waals surface area contributed by atoms with Crippen LogP contribution in [-0.4, -0.2) is 9.55 Å². The number of hydrogen-bond donors (Lipinski definition) is 1. The Balaban J connectivity index is 2.37. The summed E-state index contributed by atoms with van der Waals surface area (Å²) in [5, 5.41) is 0. The molecule has 2 aromatic rings. The van der Waals surface area contributed by atoms with Gasteiger partial charge in [0, 0.05) is 6.04 Å². The summed E-state index contributed by atoms with van der Waals surface area (Å²) in [6.45, 7) is 0.242. The third-order valence-corrected chi connectivity index (χ3v) is 2.91. The number of imidazole rings is 1. The van der Waals surface area contributed by atoms with Crippen LogP contribution < -0.4 is 5.73 Å². The van der Waals surface area contributed by atoms with Crippen molar-refractivity contribution in [1.29, 1.82) is 0 Å². The number of rotatable bonds is 2. The second-order valence-corrected chi connectivity index (χ2v) is 4.06. The summed E-state index contributed by atoms with van der Waals surface area (Å²) in [6, 6.07) is 2.83. The molecule has 2 N–H and O–H groups in total. The first-order valence-electron chi connectivity index (χ1n) is 5.27. The lowest BCUT2D eigenvalue weighted by molar-refractivity contribution is 0.510. The number of fused-ring (bicyclic) bond motifs is 1. The maximum absolute atomic E-state index is 13.7. The van der Waals surface area contributed by atoms with Gasteiger partial charge in [-0.3, -0.25) is 0 Å². The minimum Gasteiger partial charge on any atom is -0.324 e. The molecule has 0 amide bonds. The van der Waals surface area contributed by atoms with Gasteiger partial charge in [0.1, 0.15) is 11.3 Å². The maximum Gasteiger partial charge on any atom is 0.184 e. The molecule has 5 heteroatoms. The van der Waals surface area contributed by atoms with Crippen LogP contribution in [-0.2, 0) is 6.54 Å². The van der Waals surface area contributed by atoms with Crippen molar-refractivity contribution in [2.45, 2.75) is 25.4 Å². The molecule has 1 heterocycles. The van der Waals surface area contributed by atoms with E-state index in [9.17, 15) is 8.78 Å². The molecular weight excluding hydrogens is 212 g/mol. The van der Waals surface area contributed by atoms with E-state index in [1.165, 1.54) is 6.07 Å². The predicted molar refractivity (Wildman–Crippen MR) is 55.8 cm³/mol. The highest BCUT2D eigenvalue weighted by Gasteiger charge is 2.29. The van der Waals surface area contributed by atoms with E-state index in [0.717, 1.165) is 18.9 Å². The van der Waals surface area contributed by atoms with Crippen molar-refractivity contribution in [1.82, 2.24) is 9.55 Å². The van der Waals surface area contributed by atoms with Crippen molar-refractivity contribution in [3.8, 4) is 0 Å². The number of nitrogens with two attached hydrogens (primary N) is 1. The zero-order valence-electron chi connectivity index (χ0n) is 8.58. The van der Waals surface area contributed by atoms with Crippen LogP contribution in [0.2, 0.25) is 0 Å². The van der Waals surface area contributed by atoms with E-state index in [2.05, 4.69) is 4.98 Å². The summed E-state index contributed by atoms with van der Waals surface area (Å²) in [7, 11) is 0. The SMILES string of the molecule is NCc1nc2ccc(F)c(F)c2n1C1CC1. The summed E-state index contributed by atoms with van der Waals surface area (Å²) < 4.78 is 28.6. The topological polar surface area (TPSA) is 43.8 Å². The fourth-order valence-corrected chi connectivity index (χ4v) is 2.04. The molecule has 1 fully saturated rings. The zero-order valence-corrected chi connectivity index (χ0v) is 8.58. The highest BCUT2D eigenvalue weighted by Crippen LogP contribution is 2.39. The molecule has 0 spiro atoms. The molecule has 0 saturated heterocycles. The molecule has 1 aromatic heterocycles. The van der Waals surface area contributed by atoms with Gasteiger partial charge < -0.3 is 10.3 Å². The molecule has 1 saturated carbocycles. The van der Waals surface area contributed by atoms with Crippen molar-refractivity contribution in [2.24, 2.45) is 5.73 Å². The van der Waals surface area contributed by atoms with Crippen LogP contribution in [0.4, 0.5) is 8.78 Å². The third kappa shape index (κ3) is 1.24. The van der Waals surface area contributed by atoms with E-state index in [4.69, 9.17) is 5.73 Å². The van der Waals surface area contributed by atoms with Crippen LogP contribution in [0.15, 0.2) is 12.1 Å². The fourth-order valence-electron chi connectivity index (χ4n) is 2.04. The van der Waals surface area contributed by atoms with Gasteiger partial charge in [0.15, 0.2) is 11.6 Å². The van der Waals surface area contributed by atoms with Crippen LogP contribution in [0.3, 0.4) is 0 Å². The minimum atomic E-state index is -0.835. The van der Waals surface area contributed by atoms with Crippen molar-refractivity contribution >= 4 is 11.0 Å². The number of hydrogen-bond acceptors (Lipinski definition) is 2. The summed E-state index contributed by atoms with van der Waals surface area (Å²) in [6.07, 6.45) is 1.96. The second-order valence-electron chi connectivity index (χ2n) is 4.06. The van der Waals surface area contributed by atoms with Crippen molar-refractivity contribution in [2.75, 3.05) is 0 Å². The first-order chi connectivity index (χ1) is 7.72. The maximum atomic E-state index is 13.7. The molecule has 0 radical (unpaired) electrons. The average molecular weight is 223 g/mol. The van der Waals surface area contributed by atoms with Crippen molar-refractivity contribution in [3.63, 3.8) is 0 Å². The standard InChI is InChI=1S/C11H11F2N3/c12-7-3-4-8-11(10(7)13)16(6-1-2-6)9(5-14)15-8/h3-4,6H,1-2,5,14H2. The Kier molecular flexibility index (Phi) is 1.97. The van der Waals surface area contributed by atoms with Crippen molar-refractivity contribution < 1.29 is 8.78 Å². The molecule has 0 atom stereocenters. The van der Waals surface area contributed by atoms with Gasteiger partial charge in [0.2, 0.25) is 0 Å². The smallest absolute Gasteiger partial charge is 0.184 e. The Hall–Kier alpha value is -1.49. The quantitative estimate of drug-likeness (QED) is 0.847. The van der Waals surface area contributed by atoms with Gasteiger partial charge in [-0.1, -0.05) is 0 Å². The molecular formula is C11H11F2N3. The molecule has 1 aliphatic carbocycles. The summed E-state index contributed by atoms with van der Waals surface area (Å²) in [4.78, 5) is 4.23. The molecule has 0 unspecified atom stereocenters. The molecule has 16 heavy (non-hydrogen) atoms. The number of benzene rings is 1. The Morgan fingerprint density at radius 3 is 2.75 bits per heavy atom. The Bertz CT molecular complexity index is 558. The number of aromatic nitrogens is 2. The van der Waals surface area contributed by atoms with Gasteiger partial charge in [0.25, 0.3) is 0 Å². The van der Waals surface area contributed by atoms with E-state index in [1.807, 2.05) is 0 Å². The van der Waals surface area contributed by atoms with Gasteiger partial charge in [-0.25, -0.2) is 13.8 Å². The van der Waals surface area contributed by atoms with E-state index >= 15 is 0 Å². The second kappa shape index (κ2) is 3.25. The summed E-state index contributed by atoms with van der Waals surface area (Å²) in [5.41, 5.74) is 6.30. The molecule has 84 valence electrons. The highest BCUT2D eigenvalue weighted by molar-refractivity contribution is 5.77. The third-order valence-electron chi connectivity index (χ3n) is 2.91. The molecule has 1 aliphatic rings. The van der Waals surface area contributed by atoms with E-state index in [1.54, 1.807) is 4.57 Å². The van der Waals surface area contributed by atoms with Gasteiger partial charge >= 0.3 is 0 Å². The van der Waals surface area contributed by atoms with Crippen LogP contribution in [0.5, 0.6) is 0 Å². The van der Waals surface area contributed by atoms with Gasteiger partial charge in [0.05, 0.1) is 12.1 Å². The first-order valence-corrected chi connectivity index (χ1v) is 5.27. The van der Waals surface area contributed by atoms with E-state index in [0.29, 0.717) is 11.3 Å². The van der Waals surface area contributed by atoms with Crippen molar-refractivity contribution in [3.05, 3.63) is 29.6 Å². The van der Waals surface area contributed by atoms with E-state index < -0.39 is 11.6 Å². The highest BCUT2D eigenvalue weighted by atomic mass is 19.2. The normalized spacial score (nSPS) is 15.9. The molecule has 0 bridgehead atoms. The number of halogens is 2. The molecule has 0 aliphatic heterocycles. The van der Waals surface area contributed by atoms with Gasteiger partial charge in [-0.15, -0.1) is 0 Å². The summed E-state index contributed by atoms with van der Waals surface area (Å²) >= 11 is 0. The van der Waals surface area contributed by atoms with Crippen LogP contribution in [0.1, 0.15) is 24.7 Å². The largest absolute Gasteiger partial charge is 0.324 e. The lowest BCUT2D eigenvalue weighted by atomic mass is 10.3. The fraction of sp³-hybridized carbons (Fsp3) is 0.364. The van der Waals surface area contributed by atoms with Gasteiger partial charge in [-0.2, -0.15) is 0 Å². The Morgan fingerprint density at radius 2 is 2.12 bits per heavy atom. The Labute approximate surface area is 90.9 Å². The lowest BCUT2D eigenvalue weighted by Crippen LogP contribution is -2.07. The molecule has 3 rings (SSSR count). The zero-order chi connectivity index (χ0) is 11.3. The Morgan fingerprint density at radius 1 is 1.38 bits per heavy atom. The lowest BCUT2D eigenvalue weighted by Gasteiger charge is -2.06. The monoisotopic (exact) mass is 223 g/mol. The van der Waals surface area contributed by atoms with Crippen LogP contribution >= 0.6 is 0 Å².